The van der Waals surface area contributed by atoms with E-state index in [1.165, 1.54) is 12.8 Å². The molecule has 1 aliphatic rings. The number of hydrogen-bond acceptors (Lipinski definition) is 3. The molecule has 1 heterocycles. The molecule has 0 bridgehead atoms. The third-order valence-corrected chi connectivity index (χ3v) is 3.74. The highest BCUT2D eigenvalue weighted by Crippen LogP contribution is 2.23. The SMILES string of the molecule is O=C(COc1ccc(Cl)cc1CO)N1CCCCCC1. The number of rotatable bonds is 4. The first-order valence-corrected chi connectivity index (χ1v) is 7.38. The second-order valence-electron chi connectivity index (χ2n) is 4.99. The molecule has 0 radical (unpaired) electrons. The lowest BCUT2D eigenvalue weighted by molar-refractivity contribution is -0.133. The Labute approximate surface area is 124 Å². The Morgan fingerprint density at radius 2 is 1.95 bits per heavy atom. The molecule has 1 aromatic rings. The van der Waals surface area contributed by atoms with E-state index in [0.717, 1.165) is 25.9 Å². The Morgan fingerprint density at radius 1 is 1.25 bits per heavy atom. The molecule has 0 aliphatic carbocycles. The number of benzene rings is 1. The Balaban J connectivity index is 1.92. The lowest BCUT2D eigenvalue weighted by Gasteiger charge is -2.20. The van der Waals surface area contributed by atoms with Crippen molar-refractivity contribution >= 4 is 17.5 Å². The van der Waals surface area contributed by atoms with Gasteiger partial charge in [0.2, 0.25) is 0 Å². The van der Waals surface area contributed by atoms with Gasteiger partial charge < -0.3 is 14.7 Å². The van der Waals surface area contributed by atoms with E-state index in [1.807, 2.05) is 4.90 Å². The van der Waals surface area contributed by atoms with Gasteiger partial charge >= 0.3 is 0 Å². The molecule has 1 aliphatic heterocycles. The van der Waals surface area contributed by atoms with Crippen LogP contribution in [0.4, 0.5) is 0 Å². The van der Waals surface area contributed by atoms with Crippen LogP contribution in [-0.4, -0.2) is 35.6 Å². The molecule has 0 saturated carbocycles. The minimum Gasteiger partial charge on any atom is -0.483 e. The quantitative estimate of drug-likeness (QED) is 0.929. The molecule has 20 heavy (non-hydrogen) atoms. The molecule has 1 N–H and O–H groups in total. The molecule has 1 aromatic carbocycles. The first-order valence-electron chi connectivity index (χ1n) is 7.00. The molecular weight excluding hydrogens is 278 g/mol. The molecule has 1 amide bonds. The van der Waals surface area contributed by atoms with E-state index >= 15 is 0 Å². The van der Waals surface area contributed by atoms with Crippen molar-refractivity contribution in [3.05, 3.63) is 28.8 Å². The number of carbonyl (C=O) groups excluding carboxylic acids is 1. The van der Waals surface area contributed by atoms with Crippen molar-refractivity contribution in [1.82, 2.24) is 4.90 Å². The fraction of sp³-hybridized carbons (Fsp3) is 0.533. The van der Waals surface area contributed by atoms with Gasteiger partial charge in [0.25, 0.3) is 5.91 Å². The maximum atomic E-state index is 12.1. The standard InChI is InChI=1S/C15H20ClNO3/c16-13-5-6-14(12(9-13)10-18)20-11-15(19)17-7-3-1-2-4-8-17/h5-6,9,18H,1-4,7-8,10-11H2. The summed E-state index contributed by atoms with van der Waals surface area (Å²) < 4.78 is 5.53. The maximum absolute atomic E-state index is 12.1. The number of nitrogens with zero attached hydrogens (tertiary/aromatic N) is 1. The normalized spacial score (nSPS) is 15.8. The monoisotopic (exact) mass is 297 g/mol. The van der Waals surface area contributed by atoms with E-state index in [0.29, 0.717) is 16.3 Å². The van der Waals surface area contributed by atoms with Gasteiger partial charge in [0, 0.05) is 23.7 Å². The molecule has 5 heteroatoms. The molecule has 2 rings (SSSR count). The zero-order valence-corrected chi connectivity index (χ0v) is 12.2. The molecule has 0 aromatic heterocycles. The average molecular weight is 298 g/mol. The van der Waals surface area contributed by atoms with Crippen LogP contribution in [0.25, 0.3) is 0 Å². The molecule has 0 unspecified atom stereocenters. The number of aliphatic hydroxyl groups is 1. The van der Waals surface area contributed by atoms with Crippen molar-refractivity contribution < 1.29 is 14.6 Å². The minimum absolute atomic E-state index is 0.00531. The molecule has 1 saturated heterocycles. The van der Waals surface area contributed by atoms with E-state index in [1.54, 1.807) is 18.2 Å². The Hall–Kier alpha value is -1.26. The molecular formula is C15H20ClNO3. The summed E-state index contributed by atoms with van der Waals surface area (Å²) in [4.78, 5) is 14.0. The second kappa shape index (κ2) is 7.50. The summed E-state index contributed by atoms with van der Waals surface area (Å²) in [6.07, 6.45) is 4.51. The first kappa shape index (κ1) is 15.1. The van der Waals surface area contributed by atoms with E-state index in [4.69, 9.17) is 16.3 Å². The van der Waals surface area contributed by atoms with Gasteiger partial charge in [0.15, 0.2) is 6.61 Å². The van der Waals surface area contributed by atoms with Gasteiger partial charge in [-0.1, -0.05) is 24.4 Å². The summed E-state index contributed by atoms with van der Waals surface area (Å²) >= 11 is 5.86. The van der Waals surface area contributed by atoms with Crippen LogP contribution >= 0.6 is 11.6 Å². The first-order chi connectivity index (χ1) is 9.70. The van der Waals surface area contributed by atoms with Crippen molar-refractivity contribution in [2.24, 2.45) is 0 Å². The van der Waals surface area contributed by atoms with Crippen molar-refractivity contribution in [2.75, 3.05) is 19.7 Å². The van der Waals surface area contributed by atoms with Crippen LogP contribution in [-0.2, 0) is 11.4 Å². The summed E-state index contributed by atoms with van der Waals surface area (Å²) in [7, 11) is 0. The van der Waals surface area contributed by atoms with Gasteiger partial charge in [0.05, 0.1) is 6.61 Å². The summed E-state index contributed by atoms with van der Waals surface area (Å²) in [5.41, 5.74) is 0.598. The largest absolute Gasteiger partial charge is 0.483 e. The van der Waals surface area contributed by atoms with Crippen LogP contribution in [0.1, 0.15) is 31.2 Å². The van der Waals surface area contributed by atoms with E-state index in [9.17, 15) is 9.90 Å². The number of ether oxygens (including phenoxy) is 1. The second-order valence-corrected chi connectivity index (χ2v) is 5.43. The predicted molar refractivity (Wildman–Crippen MR) is 77.9 cm³/mol. The van der Waals surface area contributed by atoms with E-state index < -0.39 is 0 Å². The number of aliphatic hydroxyl groups excluding tert-OH is 1. The topological polar surface area (TPSA) is 49.8 Å². The molecule has 4 nitrogen and oxygen atoms in total. The number of likely N-dealkylation sites (tertiary alicyclic amines) is 1. The summed E-state index contributed by atoms with van der Waals surface area (Å²) in [5, 5.41) is 9.80. The van der Waals surface area contributed by atoms with Crippen molar-refractivity contribution in [1.29, 1.82) is 0 Å². The van der Waals surface area contributed by atoms with E-state index in [-0.39, 0.29) is 19.1 Å². The van der Waals surface area contributed by atoms with Crippen LogP contribution in [0.2, 0.25) is 5.02 Å². The third kappa shape index (κ3) is 4.12. The molecule has 1 fully saturated rings. The minimum atomic E-state index is -0.159. The van der Waals surface area contributed by atoms with E-state index in [2.05, 4.69) is 0 Å². The fourth-order valence-corrected chi connectivity index (χ4v) is 2.56. The zero-order chi connectivity index (χ0) is 14.4. The number of amides is 1. The number of halogens is 1. The van der Waals surface area contributed by atoms with Crippen LogP contribution < -0.4 is 4.74 Å². The molecule has 110 valence electrons. The highest BCUT2D eigenvalue weighted by Gasteiger charge is 2.16. The smallest absolute Gasteiger partial charge is 0.260 e. The van der Waals surface area contributed by atoms with Crippen molar-refractivity contribution in [3.63, 3.8) is 0 Å². The van der Waals surface area contributed by atoms with Gasteiger partial charge in [-0.15, -0.1) is 0 Å². The van der Waals surface area contributed by atoms with Crippen molar-refractivity contribution in [3.8, 4) is 5.75 Å². The maximum Gasteiger partial charge on any atom is 0.260 e. The van der Waals surface area contributed by atoms with Gasteiger partial charge in [-0.25, -0.2) is 0 Å². The Kier molecular flexibility index (Phi) is 5.68. The summed E-state index contributed by atoms with van der Waals surface area (Å²) in [6.45, 7) is 1.48. The molecule has 0 spiro atoms. The average Bonchev–Trinajstić information content (AvgIpc) is 2.74. The van der Waals surface area contributed by atoms with Crippen molar-refractivity contribution in [2.45, 2.75) is 32.3 Å². The fourth-order valence-electron chi connectivity index (χ4n) is 2.36. The van der Waals surface area contributed by atoms with Crippen LogP contribution in [0.5, 0.6) is 5.75 Å². The van der Waals surface area contributed by atoms with Gasteiger partial charge in [-0.3, -0.25) is 4.79 Å². The highest BCUT2D eigenvalue weighted by molar-refractivity contribution is 6.30. The van der Waals surface area contributed by atoms with Crippen LogP contribution in [0.15, 0.2) is 18.2 Å². The highest BCUT2D eigenvalue weighted by atomic mass is 35.5. The van der Waals surface area contributed by atoms with Crippen LogP contribution in [0, 0.1) is 0 Å². The third-order valence-electron chi connectivity index (χ3n) is 3.50. The lowest BCUT2D eigenvalue weighted by Crippen LogP contribution is -2.35. The van der Waals surface area contributed by atoms with Crippen LogP contribution in [0.3, 0.4) is 0 Å². The van der Waals surface area contributed by atoms with Gasteiger partial charge in [-0.05, 0) is 31.0 Å². The number of hydrogen-bond donors (Lipinski definition) is 1. The summed E-state index contributed by atoms with van der Waals surface area (Å²) in [5.74, 6) is 0.519. The Bertz CT molecular complexity index is 456. The van der Waals surface area contributed by atoms with Gasteiger partial charge in [0.1, 0.15) is 5.75 Å². The predicted octanol–water partition coefficient (Wildman–Crippen LogP) is 2.61. The molecule has 0 atom stereocenters. The number of carbonyl (C=O) groups is 1. The lowest BCUT2D eigenvalue weighted by atomic mass is 10.2. The summed E-state index contributed by atoms with van der Waals surface area (Å²) in [6, 6.07) is 5.02. The zero-order valence-electron chi connectivity index (χ0n) is 11.5. The van der Waals surface area contributed by atoms with Gasteiger partial charge in [-0.2, -0.15) is 0 Å². The Morgan fingerprint density at radius 3 is 2.60 bits per heavy atom.